The highest BCUT2D eigenvalue weighted by molar-refractivity contribution is 4.89. The Labute approximate surface area is 69.8 Å². The lowest BCUT2D eigenvalue weighted by molar-refractivity contribution is 0.133. The maximum atomic E-state index is 2.73. The van der Waals surface area contributed by atoms with Crippen molar-refractivity contribution in [3.8, 4) is 0 Å². The third kappa shape index (κ3) is 1.31. The molecular weight excluding hydrogens is 134 g/mol. The molecule has 0 bridgehead atoms. The fraction of sp³-hybridized carbons (Fsp3) is 1.00. The maximum Gasteiger partial charge on any atom is 0.0101 e. The molecule has 3 atom stereocenters. The van der Waals surface area contributed by atoms with Crippen LogP contribution in [-0.4, -0.2) is 23.5 Å². The fourth-order valence-electron chi connectivity index (χ4n) is 2.82. The third-order valence-corrected chi connectivity index (χ3v) is 3.39. The van der Waals surface area contributed by atoms with Crippen molar-refractivity contribution in [3.63, 3.8) is 0 Å². The Kier molecular flexibility index (Phi) is 1.92. The van der Waals surface area contributed by atoms with Gasteiger partial charge in [-0.3, -0.25) is 4.90 Å². The smallest absolute Gasteiger partial charge is 0.0101 e. The normalized spacial score (nSPS) is 45.8. The van der Waals surface area contributed by atoms with E-state index in [1.807, 2.05) is 0 Å². The van der Waals surface area contributed by atoms with Gasteiger partial charge in [0.15, 0.2) is 0 Å². The second-order valence-corrected chi connectivity index (χ2v) is 4.47. The molecule has 2 fully saturated rings. The van der Waals surface area contributed by atoms with Crippen LogP contribution in [-0.2, 0) is 0 Å². The number of nitrogens with zero attached hydrogens (tertiary/aromatic N) is 1. The van der Waals surface area contributed by atoms with Gasteiger partial charge in [0.1, 0.15) is 0 Å². The van der Waals surface area contributed by atoms with E-state index in [9.17, 15) is 0 Å². The van der Waals surface area contributed by atoms with E-state index in [0.717, 1.165) is 18.0 Å². The summed E-state index contributed by atoms with van der Waals surface area (Å²) in [7, 11) is 0. The van der Waals surface area contributed by atoms with E-state index >= 15 is 0 Å². The number of piperidine rings is 1. The van der Waals surface area contributed by atoms with Crippen LogP contribution in [0.2, 0.25) is 0 Å². The van der Waals surface area contributed by atoms with Crippen LogP contribution in [0.3, 0.4) is 0 Å². The predicted octanol–water partition coefficient (Wildman–Crippen LogP) is 2.27. The van der Waals surface area contributed by atoms with E-state index in [1.54, 1.807) is 0 Å². The first-order valence-corrected chi connectivity index (χ1v) is 5.03. The van der Waals surface area contributed by atoms with Crippen LogP contribution < -0.4 is 0 Å². The molecule has 0 N–H and O–H groups in total. The third-order valence-electron chi connectivity index (χ3n) is 3.39. The van der Waals surface area contributed by atoms with Gasteiger partial charge in [0.05, 0.1) is 0 Å². The molecule has 64 valence electrons. The summed E-state index contributed by atoms with van der Waals surface area (Å²) < 4.78 is 0. The summed E-state index contributed by atoms with van der Waals surface area (Å²) >= 11 is 0. The van der Waals surface area contributed by atoms with Crippen molar-refractivity contribution in [1.29, 1.82) is 0 Å². The fourth-order valence-corrected chi connectivity index (χ4v) is 2.82. The number of hydrogen-bond acceptors (Lipinski definition) is 1. The van der Waals surface area contributed by atoms with Gasteiger partial charge in [-0.15, -0.1) is 0 Å². The molecule has 2 rings (SSSR count). The second kappa shape index (κ2) is 2.78. The Morgan fingerprint density at radius 3 is 2.73 bits per heavy atom. The van der Waals surface area contributed by atoms with Gasteiger partial charge in [0.2, 0.25) is 0 Å². The second-order valence-electron chi connectivity index (χ2n) is 4.47. The molecule has 1 heteroatoms. The van der Waals surface area contributed by atoms with Crippen molar-refractivity contribution in [2.45, 2.75) is 51.6 Å². The van der Waals surface area contributed by atoms with Crippen molar-refractivity contribution in [2.75, 3.05) is 6.54 Å². The number of fused-ring (bicyclic) bond motifs is 1. The van der Waals surface area contributed by atoms with E-state index in [0.29, 0.717) is 0 Å². The Morgan fingerprint density at radius 1 is 1.18 bits per heavy atom. The van der Waals surface area contributed by atoms with Crippen LogP contribution in [0.1, 0.15) is 39.5 Å². The summed E-state index contributed by atoms with van der Waals surface area (Å²) in [5.41, 5.74) is 0. The zero-order valence-electron chi connectivity index (χ0n) is 7.71. The predicted molar refractivity (Wildman–Crippen MR) is 47.6 cm³/mol. The molecule has 0 aromatic rings. The molecule has 2 aliphatic heterocycles. The minimum Gasteiger partial charge on any atom is -0.297 e. The summed E-state index contributed by atoms with van der Waals surface area (Å²) in [5, 5.41) is 0. The lowest BCUT2D eigenvalue weighted by Gasteiger charge is -2.35. The summed E-state index contributed by atoms with van der Waals surface area (Å²) in [6.07, 6.45) is 5.83. The van der Waals surface area contributed by atoms with Crippen LogP contribution in [0.4, 0.5) is 0 Å². The summed E-state index contributed by atoms with van der Waals surface area (Å²) in [6.45, 7) is 6.15. The summed E-state index contributed by atoms with van der Waals surface area (Å²) in [4.78, 5) is 2.73. The lowest BCUT2D eigenvalue weighted by Crippen LogP contribution is -2.40. The molecule has 1 nitrogen and oxygen atoms in total. The zero-order chi connectivity index (χ0) is 7.84. The largest absolute Gasteiger partial charge is 0.297 e. The Balaban J connectivity index is 2.03. The molecule has 0 spiro atoms. The molecule has 2 aliphatic rings. The van der Waals surface area contributed by atoms with Crippen LogP contribution in [0.25, 0.3) is 0 Å². The topological polar surface area (TPSA) is 3.24 Å². The molecule has 0 unspecified atom stereocenters. The van der Waals surface area contributed by atoms with Crippen molar-refractivity contribution < 1.29 is 0 Å². The Hall–Kier alpha value is -0.0400. The minimum atomic E-state index is 0.874. The average Bonchev–Trinajstić information content (AvgIpc) is 2.31. The van der Waals surface area contributed by atoms with Gasteiger partial charge in [0.25, 0.3) is 0 Å². The summed E-state index contributed by atoms with van der Waals surface area (Å²) in [6, 6.07) is 1.83. The van der Waals surface area contributed by atoms with Gasteiger partial charge in [0, 0.05) is 18.6 Å². The lowest BCUT2D eigenvalue weighted by atomic mass is 9.97. The highest BCUT2D eigenvalue weighted by Crippen LogP contribution is 2.33. The van der Waals surface area contributed by atoms with Crippen LogP contribution in [0.5, 0.6) is 0 Å². The quantitative estimate of drug-likeness (QED) is 0.516. The first kappa shape index (κ1) is 7.60. The molecule has 2 saturated heterocycles. The van der Waals surface area contributed by atoms with E-state index in [2.05, 4.69) is 18.7 Å². The first-order valence-electron chi connectivity index (χ1n) is 5.03. The molecule has 0 aliphatic carbocycles. The highest BCUT2D eigenvalue weighted by Gasteiger charge is 2.34. The van der Waals surface area contributed by atoms with E-state index in [1.165, 1.54) is 32.2 Å². The molecular formula is C10H19N. The van der Waals surface area contributed by atoms with Gasteiger partial charge in [-0.05, 0) is 32.1 Å². The molecule has 2 heterocycles. The first-order chi connectivity index (χ1) is 5.27. The standard InChI is InChI=1S/C10H19N/c1-8-6-10-5-3-4-9(2)11(10)7-8/h8-10H,3-7H2,1-2H3/t8-,9-,10+/m1/s1. The molecule has 0 radical (unpaired) electrons. The van der Waals surface area contributed by atoms with Gasteiger partial charge >= 0.3 is 0 Å². The van der Waals surface area contributed by atoms with Crippen LogP contribution in [0, 0.1) is 5.92 Å². The molecule has 0 aromatic heterocycles. The minimum absolute atomic E-state index is 0.874. The molecule has 11 heavy (non-hydrogen) atoms. The van der Waals surface area contributed by atoms with E-state index in [-0.39, 0.29) is 0 Å². The Morgan fingerprint density at radius 2 is 2.00 bits per heavy atom. The summed E-state index contributed by atoms with van der Waals surface area (Å²) in [5.74, 6) is 0.959. The zero-order valence-corrected chi connectivity index (χ0v) is 7.71. The Bertz CT molecular complexity index is 144. The van der Waals surface area contributed by atoms with Crippen molar-refractivity contribution in [3.05, 3.63) is 0 Å². The number of rotatable bonds is 0. The van der Waals surface area contributed by atoms with Crippen molar-refractivity contribution >= 4 is 0 Å². The van der Waals surface area contributed by atoms with E-state index in [4.69, 9.17) is 0 Å². The van der Waals surface area contributed by atoms with Crippen molar-refractivity contribution in [2.24, 2.45) is 5.92 Å². The van der Waals surface area contributed by atoms with E-state index < -0.39 is 0 Å². The monoisotopic (exact) mass is 153 g/mol. The average molecular weight is 153 g/mol. The maximum absolute atomic E-state index is 2.73. The van der Waals surface area contributed by atoms with Crippen LogP contribution >= 0.6 is 0 Å². The molecule has 0 saturated carbocycles. The van der Waals surface area contributed by atoms with Gasteiger partial charge < -0.3 is 0 Å². The van der Waals surface area contributed by atoms with Crippen molar-refractivity contribution in [1.82, 2.24) is 4.90 Å². The van der Waals surface area contributed by atoms with Gasteiger partial charge in [-0.2, -0.15) is 0 Å². The highest BCUT2D eigenvalue weighted by atomic mass is 15.2. The van der Waals surface area contributed by atoms with Gasteiger partial charge in [-0.1, -0.05) is 13.3 Å². The molecule has 0 aromatic carbocycles. The molecule has 0 amide bonds. The number of hydrogen-bond donors (Lipinski definition) is 0. The van der Waals surface area contributed by atoms with Crippen LogP contribution in [0.15, 0.2) is 0 Å². The van der Waals surface area contributed by atoms with Gasteiger partial charge in [-0.25, -0.2) is 0 Å². The SMILES string of the molecule is C[C@@H]1C[C@@H]2CCC[C@@H](C)N2C1.